The number of hydrogen-bond acceptors (Lipinski definition) is 2. The molecule has 23 heavy (non-hydrogen) atoms. The van der Waals surface area contributed by atoms with Gasteiger partial charge >= 0.3 is 0 Å². The van der Waals surface area contributed by atoms with Crippen molar-refractivity contribution in [1.82, 2.24) is 4.90 Å². The highest BCUT2D eigenvalue weighted by Gasteiger charge is 2.66. The molecular formula is C21H27NO. The van der Waals surface area contributed by atoms with Gasteiger partial charge in [-0.3, -0.25) is 0 Å². The quantitative estimate of drug-likeness (QED) is 0.756. The summed E-state index contributed by atoms with van der Waals surface area (Å²) in [5.41, 5.74) is 2.99. The van der Waals surface area contributed by atoms with Gasteiger partial charge in [0.1, 0.15) is 5.76 Å². The molecule has 1 heterocycles. The molecule has 4 aliphatic carbocycles. The fourth-order valence-electron chi connectivity index (χ4n) is 5.73. The van der Waals surface area contributed by atoms with Crippen LogP contribution in [0.15, 0.2) is 35.9 Å². The lowest BCUT2D eigenvalue weighted by molar-refractivity contribution is 0.211. The van der Waals surface area contributed by atoms with Crippen LogP contribution >= 0.6 is 0 Å². The minimum Gasteiger partial charge on any atom is -0.493 e. The van der Waals surface area contributed by atoms with Crippen molar-refractivity contribution < 1.29 is 4.74 Å². The largest absolute Gasteiger partial charge is 0.493 e. The Morgan fingerprint density at radius 2 is 1.96 bits per heavy atom. The summed E-state index contributed by atoms with van der Waals surface area (Å²) in [7, 11) is 2.26. The zero-order valence-electron chi connectivity index (χ0n) is 14.1. The van der Waals surface area contributed by atoms with Crippen molar-refractivity contribution in [1.29, 1.82) is 0 Å². The maximum atomic E-state index is 6.47. The Morgan fingerprint density at radius 3 is 2.57 bits per heavy atom. The summed E-state index contributed by atoms with van der Waals surface area (Å²) in [6, 6.07) is 11.6. The van der Waals surface area contributed by atoms with Crippen LogP contribution in [0.3, 0.4) is 0 Å². The Balaban J connectivity index is 1.36. The average molecular weight is 309 g/mol. The smallest absolute Gasteiger partial charge is 0.126 e. The summed E-state index contributed by atoms with van der Waals surface area (Å²) in [6.45, 7) is 2.13. The molecule has 0 aromatic heterocycles. The summed E-state index contributed by atoms with van der Waals surface area (Å²) in [4.78, 5) is 2.50. The van der Waals surface area contributed by atoms with Crippen molar-refractivity contribution in [3.05, 3.63) is 41.5 Å². The molecule has 4 bridgehead atoms. The van der Waals surface area contributed by atoms with E-state index in [4.69, 9.17) is 4.74 Å². The highest BCUT2D eigenvalue weighted by atomic mass is 16.5. The molecule has 1 aliphatic heterocycles. The van der Waals surface area contributed by atoms with Gasteiger partial charge in [-0.15, -0.1) is 0 Å². The van der Waals surface area contributed by atoms with Gasteiger partial charge in [-0.2, -0.15) is 0 Å². The predicted octanol–water partition coefficient (Wildman–Crippen LogP) is 4.18. The topological polar surface area (TPSA) is 12.5 Å². The third-order valence-corrected chi connectivity index (χ3v) is 6.91. The van der Waals surface area contributed by atoms with Crippen molar-refractivity contribution in [3.63, 3.8) is 0 Å². The van der Waals surface area contributed by atoms with E-state index in [1.807, 2.05) is 0 Å². The van der Waals surface area contributed by atoms with E-state index in [1.165, 1.54) is 50.0 Å². The Hall–Kier alpha value is -1.28. The van der Waals surface area contributed by atoms with Crippen LogP contribution in [0.2, 0.25) is 0 Å². The monoisotopic (exact) mass is 309 g/mol. The van der Waals surface area contributed by atoms with E-state index in [1.54, 1.807) is 5.57 Å². The number of nitrogens with zero attached hydrogens (tertiary/aromatic N) is 1. The second-order valence-electron chi connectivity index (χ2n) is 8.09. The Kier molecular flexibility index (Phi) is 3.29. The predicted molar refractivity (Wildman–Crippen MR) is 92.8 cm³/mol. The number of allylic oxidation sites excluding steroid dienone is 1. The van der Waals surface area contributed by atoms with E-state index in [0.29, 0.717) is 0 Å². The first-order valence-electron chi connectivity index (χ1n) is 9.45. The summed E-state index contributed by atoms with van der Waals surface area (Å²) >= 11 is 0. The zero-order valence-corrected chi connectivity index (χ0v) is 14.1. The molecule has 5 fully saturated rings. The van der Waals surface area contributed by atoms with Crippen LogP contribution in [-0.4, -0.2) is 31.1 Å². The second-order valence-corrected chi connectivity index (χ2v) is 8.09. The van der Waals surface area contributed by atoms with Crippen molar-refractivity contribution in [2.45, 2.75) is 38.1 Å². The van der Waals surface area contributed by atoms with Gasteiger partial charge in [0.15, 0.2) is 0 Å². The molecule has 0 amide bonds. The molecule has 6 rings (SSSR count). The standard InChI is InChI=1S/C21H27NO/c1-22-10-5-8-16(22)9-11-23-21(14-6-3-2-4-7-14)19-15-12-17-18(13-15)20(17)19/h2-4,6-7,15-18,20H,5,8-13H2,1H3. The molecular weight excluding hydrogens is 282 g/mol. The summed E-state index contributed by atoms with van der Waals surface area (Å²) in [5, 5.41) is 0. The van der Waals surface area contributed by atoms with Gasteiger partial charge in [-0.25, -0.2) is 0 Å². The molecule has 3 atom stereocenters. The minimum absolute atomic E-state index is 0.725. The second kappa shape index (κ2) is 5.37. The van der Waals surface area contributed by atoms with Crippen molar-refractivity contribution in [2.24, 2.45) is 23.7 Å². The maximum absolute atomic E-state index is 6.47. The fourth-order valence-corrected chi connectivity index (χ4v) is 5.73. The van der Waals surface area contributed by atoms with E-state index >= 15 is 0 Å². The van der Waals surface area contributed by atoms with E-state index in [9.17, 15) is 0 Å². The van der Waals surface area contributed by atoms with Crippen LogP contribution in [0.5, 0.6) is 0 Å². The molecule has 1 saturated heterocycles. The van der Waals surface area contributed by atoms with Gasteiger partial charge in [-0.1, -0.05) is 30.3 Å². The Morgan fingerprint density at radius 1 is 1.17 bits per heavy atom. The number of rotatable bonds is 5. The lowest BCUT2D eigenvalue weighted by Crippen LogP contribution is -2.26. The third kappa shape index (κ3) is 2.26. The third-order valence-electron chi connectivity index (χ3n) is 6.91. The molecule has 122 valence electrons. The summed E-state index contributed by atoms with van der Waals surface area (Å²) in [6.07, 6.45) is 6.74. The van der Waals surface area contributed by atoms with Gasteiger partial charge in [0, 0.05) is 11.6 Å². The van der Waals surface area contributed by atoms with E-state index in [0.717, 1.165) is 36.3 Å². The molecule has 1 aromatic carbocycles. The van der Waals surface area contributed by atoms with Crippen LogP contribution in [-0.2, 0) is 4.74 Å². The van der Waals surface area contributed by atoms with Gasteiger partial charge in [0.2, 0.25) is 0 Å². The molecule has 1 aromatic rings. The lowest BCUT2D eigenvalue weighted by atomic mass is 10.00. The Bertz CT molecular complexity index is 606. The highest BCUT2D eigenvalue weighted by Crippen LogP contribution is 2.74. The van der Waals surface area contributed by atoms with E-state index < -0.39 is 0 Å². The van der Waals surface area contributed by atoms with Crippen LogP contribution in [0.4, 0.5) is 0 Å². The van der Waals surface area contributed by atoms with Gasteiger partial charge < -0.3 is 9.64 Å². The molecule has 0 radical (unpaired) electrons. The first-order chi connectivity index (χ1) is 11.3. The summed E-state index contributed by atoms with van der Waals surface area (Å²) < 4.78 is 6.47. The first-order valence-corrected chi connectivity index (χ1v) is 9.45. The fraction of sp³-hybridized carbons (Fsp3) is 0.619. The average Bonchev–Trinajstić information content (AvgIpc) is 3.07. The van der Waals surface area contributed by atoms with Crippen LogP contribution in [0, 0.1) is 23.7 Å². The molecule has 3 unspecified atom stereocenters. The van der Waals surface area contributed by atoms with Crippen molar-refractivity contribution in [3.8, 4) is 0 Å². The SMILES string of the molecule is CN1CCCC1CCOC(=C1C2CC3C(C2)C13)c1ccccc1. The van der Waals surface area contributed by atoms with Crippen molar-refractivity contribution in [2.75, 3.05) is 20.2 Å². The maximum Gasteiger partial charge on any atom is 0.126 e. The van der Waals surface area contributed by atoms with Crippen LogP contribution in [0.25, 0.3) is 5.76 Å². The number of ether oxygens (including phenoxy) is 1. The normalized spacial score (nSPS) is 39.8. The van der Waals surface area contributed by atoms with E-state index in [-0.39, 0.29) is 0 Å². The molecule has 0 N–H and O–H groups in total. The van der Waals surface area contributed by atoms with Crippen LogP contribution in [0.1, 0.15) is 37.7 Å². The lowest BCUT2D eigenvalue weighted by Gasteiger charge is -2.21. The van der Waals surface area contributed by atoms with E-state index in [2.05, 4.69) is 42.3 Å². The first kappa shape index (κ1) is 14.1. The molecule has 4 saturated carbocycles. The Labute approximate surface area is 139 Å². The van der Waals surface area contributed by atoms with Gasteiger partial charge in [0.25, 0.3) is 0 Å². The number of benzene rings is 1. The van der Waals surface area contributed by atoms with Crippen LogP contribution < -0.4 is 0 Å². The zero-order chi connectivity index (χ0) is 15.4. The molecule has 2 nitrogen and oxygen atoms in total. The number of likely N-dealkylation sites (tertiary alicyclic amines) is 1. The minimum atomic E-state index is 0.725. The molecule has 0 spiro atoms. The molecule has 5 aliphatic rings. The molecule has 2 heteroatoms. The summed E-state index contributed by atoms with van der Waals surface area (Å²) in [5.74, 6) is 4.99. The van der Waals surface area contributed by atoms with Gasteiger partial charge in [0.05, 0.1) is 6.61 Å². The highest BCUT2D eigenvalue weighted by molar-refractivity contribution is 5.67. The van der Waals surface area contributed by atoms with Gasteiger partial charge in [-0.05, 0) is 74.9 Å². The number of hydrogen-bond donors (Lipinski definition) is 0. The van der Waals surface area contributed by atoms with Crippen molar-refractivity contribution >= 4 is 5.76 Å².